The monoisotopic (exact) mass is 152 g/mol. The molecule has 0 saturated heterocycles. The van der Waals surface area contributed by atoms with E-state index in [4.69, 9.17) is 0 Å². The molecule has 0 N–H and O–H groups in total. The summed E-state index contributed by atoms with van der Waals surface area (Å²) >= 11 is 0. The maximum atomic E-state index is 11.2. The molecular weight excluding hydrogens is 136 g/mol. The van der Waals surface area contributed by atoms with Crippen molar-refractivity contribution in [1.82, 2.24) is 0 Å². The van der Waals surface area contributed by atoms with Gasteiger partial charge in [-0.3, -0.25) is 4.79 Å². The summed E-state index contributed by atoms with van der Waals surface area (Å²) in [5.74, 6) is 3.02. The van der Waals surface area contributed by atoms with Gasteiger partial charge in [0.25, 0.3) is 0 Å². The maximum Gasteiger partial charge on any atom is 0.133 e. The minimum atomic E-state index is 0.514. The van der Waals surface area contributed by atoms with E-state index in [1.54, 1.807) is 0 Å². The fraction of sp³-hybridized carbons (Fsp3) is 0.900. The Hall–Kier alpha value is -0.330. The largest absolute Gasteiger partial charge is 0.300 e. The lowest BCUT2D eigenvalue weighted by atomic mass is 9.77. The van der Waals surface area contributed by atoms with Crippen molar-refractivity contribution in [2.24, 2.45) is 17.8 Å². The van der Waals surface area contributed by atoms with Gasteiger partial charge < -0.3 is 0 Å². The van der Waals surface area contributed by atoms with Crippen molar-refractivity contribution in [3.05, 3.63) is 0 Å². The third-order valence-corrected chi connectivity index (χ3v) is 3.30. The number of hydrogen-bond donors (Lipinski definition) is 0. The van der Waals surface area contributed by atoms with Crippen LogP contribution in [0.4, 0.5) is 0 Å². The molecule has 1 nitrogen and oxygen atoms in total. The van der Waals surface area contributed by atoms with Crippen molar-refractivity contribution in [3.63, 3.8) is 0 Å². The van der Waals surface area contributed by atoms with Crippen molar-refractivity contribution >= 4 is 5.78 Å². The summed E-state index contributed by atoms with van der Waals surface area (Å²) in [4.78, 5) is 11.2. The van der Waals surface area contributed by atoms with Crippen LogP contribution in [-0.4, -0.2) is 5.78 Å². The molecule has 0 radical (unpaired) electrons. The van der Waals surface area contributed by atoms with Gasteiger partial charge >= 0.3 is 0 Å². The summed E-state index contributed by atoms with van der Waals surface area (Å²) in [6.07, 6.45) is 5.68. The second-order valence-corrected chi connectivity index (χ2v) is 4.26. The fourth-order valence-corrected chi connectivity index (χ4v) is 2.32. The van der Waals surface area contributed by atoms with E-state index >= 15 is 0 Å². The molecule has 0 aromatic rings. The molecule has 2 unspecified atom stereocenters. The number of ketones is 1. The predicted octanol–water partition coefficient (Wildman–Crippen LogP) is 2.40. The van der Waals surface area contributed by atoms with Gasteiger partial charge in [0, 0.05) is 12.8 Å². The smallest absolute Gasteiger partial charge is 0.133 e. The lowest BCUT2D eigenvalue weighted by Gasteiger charge is -2.27. The van der Waals surface area contributed by atoms with Crippen LogP contribution >= 0.6 is 0 Å². The normalized spacial score (nSPS) is 39.2. The lowest BCUT2D eigenvalue weighted by molar-refractivity contribution is -0.122. The summed E-state index contributed by atoms with van der Waals surface area (Å²) in [6.45, 7) is 2.31. The molecule has 11 heavy (non-hydrogen) atoms. The second kappa shape index (κ2) is 2.62. The van der Waals surface area contributed by atoms with Crippen LogP contribution in [-0.2, 0) is 4.79 Å². The van der Waals surface area contributed by atoms with E-state index in [1.165, 1.54) is 12.8 Å². The topological polar surface area (TPSA) is 17.1 Å². The van der Waals surface area contributed by atoms with Crippen LogP contribution in [0.5, 0.6) is 0 Å². The highest BCUT2D eigenvalue weighted by atomic mass is 16.1. The van der Waals surface area contributed by atoms with E-state index in [0.29, 0.717) is 5.78 Å². The molecule has 2 atom stereocenters. The average Bonchev–Trinajstić information content (AvgIpc) is 2.76. The van der Waals surface area contributed by atoms with Gasteiger partial charge in [-0.1, -0.05) is 6.92 Å². The van der Waals surface area contributed by atoms with Crippen LogP contribution in [0.25, 0.3) is 0 Å². The Kier molecular flexibility index (Phi) is 1.74. The minimum Gasteiger partial charge on any atom is -0.300 e. The van der Waals surface area contributed by atoms with Gasteiger partial charge in [-0.25, -0.2) is 0 Å². The SMILES string of the molecule is CC1CCC(=O)CC1C1CC1. The standard InChI is InChI=1S/C10H16O/c1-7-2-5-9(11)6-10(7)8-3-4-8/h7-8,10H,2-6H2,1H3. The molecule has 0 bridgehead atoms. The highest BCUT2D eigenvalue weighted by Gasteiger charge is 2.37. The summed E-state index contributed by atoms with van der Waals surface area (Å²) in [5, 5.41) is 0. The quantitative estimate of drug-likeness (QED) is 0.564. The number of carbonyl (C=O) groups excluding carboxylic acids is 1. The Morgan fingerprint density at radius 2 is 2.00 bits per heavy atom. The molecule has 1 heteroatoms. The Balaban J connectivity index is 1.98. The Labute approximate surface area is 68.2 Å². The van der Waals surface area contributed by atoms with Crippen LogP contribution in [0, 0.1) is 17.8 Å². The third kappa shape index (κ3) is 1.47. The van der Waals surface area contributed by atoms with Gasteiger partial charge in [-0.05, 0) is 37.0 Å². The zero-order chi connectivity index (χ0) is 7.84. The summed E-state index contributed by atoms with van der Waals surface area (Å²) in [5.41, 5.74) is 0. The molecule has 0 aromatic carbocycles. The number of carbonyl (C=O) groups is 1. The van der Waals surface area contributed by atoms with E-state index in [9.17, 15) is 4.79 Å². The van der Waals surface area contributed by atoms with Crippen LogP contribution in [0.1, 0.15) is 39.0 Å². The van der Waals surface area contributed by atoms with Crippen molar-refractivity contribution in [2.75, 3.05) is 0 Å². The Morgan fingerprint density at radius 3 is 2.64 bits per heavy atom. The molecule has 2 rings (SSSR count). The first kappa shape index (κ1) is 7.33. The first-order valence-electron chi connectivity index (χ1n) is 4.79. The van der Waals surface area contributed by atoms with Crippen molar-refractivity contribution in [2.45, 2.75) is 39.0 Å². The molecule has 2 aliphatic rings. The molecule has 2 saturated carbocycles. The van der Waals surface area contributed by atoms with Gasteiger partial charge in [0.05, 0.1) is 0 Å². The van der Waals surface area contributed by atoms with E-state index in [1.807, 2.05) is 0 Å². The minimum absolute atomic E-state index is 0.514. The first-order valence-corrected chi connectivity index (χ1v) is 4.79. The number of hydrogen-bond acceptors (Lipinski definition) is 1. The number of rotatable bonds is 1. The van der Waals surface area contributed by atoms with Gasteiger partial charge in [-0.15, -0.1) is 0 Å². The lowest BCUT2D eigenvalue weighted by Crippen LogP contribution is -2.24. The van der Waals surface area contributed by atoms with Crippen molar-refractivity contribution < 1.29 is 4.79 Å². The molecular formula is C10H16O. The van der Waals surface area contributed by atoms with Gasteiger partial charge in [0.1, 0.15) is 5.78 Å². The zero-order valence-electron chi connectivity index (χ0n) is 7.18. The Morgan fingerprint density at radius 1 is 1.27 bits per heavy atom. The van der Waals surface area contributed by atoms with E-state index in [2.05, 4.69) is 6.92 Å². The third-order valence-electron chi connectivity index (χ3n) is 3.30. The molecule has 62 valence electrons. The van der Waals surface area contributed by atoms with Crippen molar-refractivity contribution in [1.29, 1.82) is 0 Å². The number of Topliss-reactive ketones (excluding diaryl/α,β-unsaturated/α-hetero) is 1. The zero-order valence-corrected chi connectivity index (χ0v) is 7.18. The van der Waals surface area contributed by atoms with Crippen LogP contribution < -0.4 is 0 Å². The van der Waals surface area contributed by atoms with Gasteiger partial charge in [0.15, 0.2) is 0 Å². The molecule has 2 fully saturated rings. The van der Waals surface area contributed by atoms with Gasteiger partial charge in [0.2, 0.25) is 0 Å². The second-order valence-electron chi connectivity index (χ2n) is 4.26. The van der Waals surface area contributed by atoms with E-state index in [0.717, 1.165) is 37.0 Å². The van der Waals surface area contributed by atoms with Gasteiger partial charge in [-0.2, -0.15) is 0 Å². The van der Waals surface area contributed by atoms with E-state index in [-0.39, 0.29) is 0 Å². The molecule has 2 aliphatic carbocycles. The van der Waals surface area contributed by atoms with Crippen LogP contribution in [0.2, 0.25) is 0 Å². The molecule has 0 aliphatic heterocycles. The summed E-state index contributed by atoms with van der Waals surface area (Å²) < 4.78 is 0. The Bertz CT molecular complexity index is 170. The highest BCUT2D eigenvalue weighted by molar-refractivity contribution is 5.79. The molecule has 0 heterocycles. The molecule has 0 amide bonds. The summed E-state index contributed by atoms with van der Waals surface area (Å²) in [7, 11) is 0. The maximum absolute atomic E-state index is 11.2. The first-order chi connectivity index (χ1) is 5.27. The molecule has 0 spiro atoms. The van der Waals surface area contributed by atoms with Crippen LogP contribution in [0.3, 0.4) is 0 Å². The molecule has 0 aromatic heterocycles. The van der Waals surface area contributed by atoms with Crippen molar-refractivity contribution in [3.8, 4) is 0 Å². The van der Waals surface area contributed by atoms with Crippen LogP contribution in [0.15, 0.2) is 0 Å². The van der Waals surface area contributed by atoms with E-state index < -0.39 is 0 Å². The highest BCUT2D eigenvalue weighted by Crippen LogP contribution is 2.45. The fourth-order valence-electron chi connectivity index (χ4n) is 2.32. The predicted molar refractivity (Wildman–Crippen MR) is 44.2 cm³/mol. The average molecular weight is 152 g/mol. The summed E-state index contributed by atoms with van der Waals surface area (Å²) in [6, 6.07) is 0.